The Morgan fingerprint density at radius 2 is 1.78 bits per heavy atom. The van der Waals surface area contributed by atoms with Gasteiger partial charge in [-0.05, 0) is 43.0 Å². The number of carbonyl (C=O) groups is 2. The van der Waals surface area contributed by atoms with Gasteiger partial charge < -0.3 is 10.4 Å². The van der Waals surface area contributed by atoms with Crippen LogP contribution in [0.25, 0.3) is 0 Å². The van der Waals surface area contributed by atoms with Crippen LogP contribution in [0.3, 0.4) is 0 Å². The topological polar surface area (TPSA) is 66.4 Å². The van der Waals surface area contributed by atoms with Gasteiger partial charge in [0.05, 0.1) is 0 Å². The smallest absolute Gasteiger partial charge is 0.389 e. The summed E-state index contributed by atoms with van der Waals surface area (Å²) in [6.45, 7) is 1.77. The molecule has 4 nitrogen and oxygen atoms in total. The van der Waals surface area contributed by atoms with E-state index in [1.807, 2.05) is 0 Å². The molecule has 0 radical (unpaired) electrons. The second-order valence-electron chi connectivity index (χ2n) is 6.28. The van der Waals surface area contributed by atoms with Gasteiger partial charge in [0.15, 0.2) is 6.04 Å². The van der Waals surface area contributed by atoms with Gasteiger partial charge in [0.25, 0.3) is 5.91 Å². The lowest BCUT2D eigenvalue weighted by molar-refractivity contribution is -0.139. The molecule has 1 unspecified atom stereocenters. The van der Waals surface area contributed by atoms with E-state index in [1.54, 1.807) is 55.5 Å². The van der Waals surface area contributed by atoms with Crippen molar-refractivity contribution in [2.45, 2.75) is 38.4 Å². The second kappa shape index (κ2) is 8.70. The SMILES string of the molecule is Cc1ccc(C(NC(=O)c2ccccc2)C(=O)O)c(CCCC(F)(F)F)c1. The molecule has 0 aliphatic carbocycles. The Labute approximate surface area is 155 Å². The quantitative estimate of drug-likeness (QED) is 0.748. The van der Waals surface area contributed by atoms with Crippen LogP contribution in [-0.2, 0) is 11.2 Å². The maximum Gasteiger partial charge on any atom is 0.389 e. The van der Waals surface area contributed by atoms with E-state index in [-0.39, 0.29) is 12.8 Å². The molecule has 0 aliphatic rings. The molecule has 0 fully saturated rings. The van der Waals surface area contributed by atoms with Gasteiger partial charge in [-0.25, -0.2) is 4.79 Å². The van der Waals surface area contributed by atoms with Gasteiger partial charge in [-0.3, -0.25) is 4.79 Å². The predicted molar refractivity (Wildman–Crippen MR) is 94.5 cm³/mol. The van der Waals surface area contributed by atoms with Gasteiger partial charge >= 0.3 is 12.1 Å². The number of hydrogen-bond acceptors (Lipinski definition) is 2. The maximum absolute atomic E-state index is 12.4. The maximum atomic E-state index is 12.4. The average Bonchev–Trinajstić information content (AvgIpc) is 2.59. The third-order valence-electron chi connectivity index (χ3n) is 4.07. The van der Waals surface area contributed by atoms with E-state index < -0.39 is 30.5 Å². The molecule has 0 aliphatic heterocycles. The highest BCUT2D eigenvalue weighted by molar-refractivity contribution is 5.96. The minimum atomic E-state index is -4.27. The molecule has 0 saturated heterocycles. The van der Waals surface area contributed by atoms with Gasteiger partial charge in [-0.15, -0.1) is 0 Å². The van der Waals surface area contributed by atoms with Crippen molar-refractivity contribution < 1.29 is 27.9 Å². The second-order valence-corrected chi connectivity index (χ2v) is 6.28. The van der Waals surface area contributed by atoms with Gasteiger partial charge in [0.2, 0.25) is 0 Å². The van der Waals surface area contributed by atoms with Crippen molar-refractivity contribution in [1.29, 1.82) is 0 Å². The summed E-state index contributed by atoms with van der Waals surface area (Å²) >= 11 is 0. The first-order valence-corrected chi connectivity index (χ1v) is 8.42. The summed E-state index contributed by atoms with van der Waals surface area (Å²) in [5, 5.41) is 12.0. The van der Waals surface area contributed by atoms with Crippen molar-refractivity contribution in [3.8, 4) is 0 Å². The summed E-state index contributed by atoms with van der Waals surface area (Å²) in [6, 6.07) is 11.7. The lowest BCUT2D eigenvalue weighted by Crippen LogP contribution is -2.34. The lowest BCUT2D eigenvalue weighted by atomic mass is 9.94. The van der Waals surface area contributed by atoms with E-state index in [2.05, 4.69) is 5.32 Å². The van der Waals surface area contributed by atoms with Gasteiger partial charge in [0, 0.05) is 12.0 Å². The minimum Gasteiger partial charge on any atom is -0.479 e. The Morgan fingerprint density at radius 3 is 2.37 bits per heavy atom. The van der Waals surface area contributed by atoms with Crippen LogP contribution in [-0.4, -0.2) is 23.2 Å². The van der Waals surface area contributed by atoms with E-state index in [4.69, 9.17) is 0 Å². The average molecular weight is 379 g/mol. The van der Waals surface area contributed by atoms with Crippen molar-refractivity contribution in [2.75, 3.05) is 0 Å². The van der Waals surface area contributed by atoms with Gasteiger partial charge in [-0.2, -0.15) is 13.2 Å². The molecule has 7 heteroatoms. The number of nitrogens with one attached hydrogen (secondary N) is 1. The summed E-state index contributed by atoms with van der Waals surface area (Å²) < 4.78 is 37.3. The molecule has 1 atom stereocenters. The third-order valence-corrected chi connectivity index (χ3v) is 4.07. The van der Waals surface area contributed by atoms with Crippen molar-refractivity contribution in [1.82, 2.24) is 5.32 Å². The number of amides is 1. The van der Waals surface area contributed by atoms with E-state index in [1.165, 1.54) is 0 Å². The highest BCUT2D eigenvalue weighted by atomic mass is 19.4. The molecule has 2 N–H and O–H groups in total. The zero-order valence-corrected chi connectivity index (χ0v) is 14.7. The number of carbonyl (C=O) groups excluding carboxylic acids is 1. The van der Waals surface area contributed by atoms with Crippen LogP contribution in [0.2, 0.25) is 0 Å². The summed E-state index contributed by atoms with van der Waals surface area (Å²) in [6.07, 6.45) is -5.30. The number of rotatable bonds is 7. The molecule has 2 aromatic carbocycles. The van der Waals surface area contributed by atoms with Gasteiger partial charge in [-0.1, -0.05) is 42.0 Å². The minimum absolute atomic E-state index is 0.0709. The zero-order valence-electron chi connectivity index (χ0n) is 14.7. The summed E-state index contributed by atoms with van der Waals surface area (Å²) in [4.78, 5) is 24.1. The third kappa shape index (κ3) is 6.13. The lowest BCUT2D eigenvalue weighted by Gasteiger charge is -2.19. The van der Waals surface area contributed by atoms with Crippen LogP contribution in [0.4, 0.5) is 13.2 Å². The number of halogens is 3. The first kappa shape index (κ1) is 20.5. The normalized spacial score (nSPS) is 12.4. The fraction of sp³-hybridized carbons (Fsp3) is 0.300. The van der Waals surface area contributed by atoms with Crippen LogP contribution >= 0.6 is 0 Å². The van der Waals surface area contributed by atoms with Crippen LogP contribution in [0.5, 0.6) is 0 Å². The summed E-state index contributed by atoms with van der Waals surface area (Å²) in [5.74, 6) is -1.84. The van der Waals surface area contributed by atoms with Crippen LogP contribution in [0, 0.1) is 6.92 Å². The Balaban J connectivity index is 2.25. The highest BCUT2D eigenvalue weighted by Gasteiger charge is 2.28. The Morgan fingerprint density at radius 1 is 1.11 bits per heavy atom. The van der Waals surface area contributed by atoms with Crippen molar-refractivity contribution in [3.63, 3.8) is 0 Å². The molecule has 0 heterocycles. The van der Waals surface area contributed by atoms with E-state index in [0.29, 0.717) is 16.7 Å². The number of alkyl halides is 3. The number of carboxylic acid groups (broad SMARTS) is 1. The Bertz CT molecular complexity index is 804. The first-order chi connectivity index (χ1) is 12.7. The number of benzene rings is 2. The number of carboxylic acids is 1. The fourth-order valence-electron chi connectivity index (χ4n) is 2.79. The van der Waals surface area contributed by atoms with Crippen LogP contribution < -0.4 is 5.32 Å². The molecule has 27 heavy (non-hydrogen) atoms. The molecular weight excluding hydrogens is 359 g/mol. The molecule has 0 aromatic heterocycles. The van der Waals surface area contributed by atoms with Crippen molar-refractivity contribution in [2.24, 2.45) is 0 Å². The number of aliphatic carboxylic acids is 1. The van der Waals surface area contributed by atoms with Crippen LogP contribution in [0.1, 0.15) is 45.9 Å². The van der Waals surface area contributed by atoms with E-state index in [0.717, 1.165) is 5.56 Å². The Kier molecular flexibility index (Phi) is 6.60. The Hall–Kier alpha value is -2.83. The fourth-order valence-corrected chi connectivity index (χ4v) is 2.79. The molecule has 0 bridgehead atoms. The molecule has 0 saturated carbocycles. The molecule has 0 spiro atoms. The van der Waals surface area contributed by atoms with E-state index in [9.17, 15) is 27.9 Å². The predicted octanol–water partition coefficient (Wildman–Crippen LogP) is 4.44. The van der Waals surface area contributed by atoms with Crippen molar-refractivity contribution in [3.05, 3.63) is 70.8 Å². The molecule has 144 valence electrons. The van der Waals surface area contributed by atoms with E-state index >= 15 is 0 Å². The largest absolute Gasteiger partial charge is 0.479 e. The summed E-state index contributed by atoms with van der Waals surface area (Å²) in [7, 11) is 0. The molecule has 1 amide bonds. The monoisotopic (exact) mass is 379 g/mol. The van der Waals surface area contributed by atoms with Gasteiger partial charge in [0.1, 0.15) is 0 Å². The zero-order chi connectivity index (χ0) is 20.0. The molecule has 2 aromatic rings. The summed E-state index contributed by atoms with van der Waals surface area (Å²) in [5.41, 5.74) is 1.88. The highest BCUT2D eigenvalue weighted by Crippen LogP contribution is 2.26. The van der Waals surface area contributed by atoms with Crippen molar-refractivity contribution >= 4 is 11.9 Å². The number of aryl methyl sites for hydroxylation is 2. The molecular formula is C20H20F3NO3. The standard InChI is InChI=1S/C20H20F3NO3/c1-13-9-10-16(15(12-13)8-5-11-20(21,22)23)17(19(26)27)24-18(25)14-6-3-2-4-7-14/h2-4,6-7,9-10,12,17H,5,8,11H2,1H3,(H,24,25)(H,26,27). The van der Waals surface area contributed by atoms with Crippen LogP contribution in [0.15, 0.2) is 48.5 Å². The molecule has 2 rings (SSSR count). The number of hydrogen-bond donors (Lipinski definition) is 2. The first-order valence-electron chi connectivity index (χ1n) is 8.42.